The van der Waals surface area contributed by atoms with Gasteiger partial charge in [0.05, 0.1) is 11.9 Å². The van der Waals surface area contributed by atoms with Crippen molar-refractivity contribution in [3.05, 3.63) is 47.5 Å². The third-order valence-corrected chi connectivity index (χ3v) is 2.52. The zero-order valence-electron chi connectivity index (χ0n) is 9.40. The van der Waals surface area contributed by atoms with Crippen LogP contribution < -0.4 is 0 Å². The van der Waals surface area contributed by atoms with Gasteiger partial charge in [-0.3, -0.25) is 9.36 Å². The van der Waals surface area contributed by atoms with E-state index in [4.69, 9.17) is 0 Å². The fourth-order valence-electron chi connectivity index (χ4n) is 1.72. The number of halogens is 3. The van der Waals surface area contributed by atoms with Crippen LogP contribution in [0.15, 0.2) is 30.5 Å². The molecular formula is C12H9F3N2O. The molecule has 3 nitrogen and oxygen atoms in total. The highest BCUT2D eigenvalue weighted by molar-refractivity contribution is 5.73. The zero-order valence-corrected chi connectivity index (χ0v) is 9.40. The summed E-state index contributed by atoms with van der Waals surface area (Å²) >= 11 is 0. The fourth-order valence-corrected chi connectivity index (χ4v) is 1.72. The summed E-state index contributed by atoms with van der Waals surface area (Å²) in [6, 6.07) is 6.50. The van der Waals surface area contributed by atoms with Crippen molar-refractivity contribution < 1.29 is 18.0 Å². The quantitative estimate of drug-likeness (QED) is 0.772. The maximum absolute atomic E-state index is 12.8. The number of hydrogen-bond acceptors (Lipinski definition) is 2. The van der Waals surface area contributed by atoms with E-state index in [2.05, 4.69) is 4.98 Å². The first-order valence-electron chi connectivity index (χ1n) is 5.11. The summed E-state index contributed by atoms with van der Waals surface area (Å²) in [6.07, 6.45) is -3.33. The highest BCUT2D eigenvalue weighted by Crippen LogP contribution is 2.31. The van der Waals surface area contributed by atoms with Crippen LogP contribution in [0.5, 0.6) is 0 Å². The summed E-state index contributed by atoms with van der Waals surface area (Å²) < 4.78 is 39.3. The molecule has 0 N–H and O–H groups in total. The third kappa shape index (κ3) is 2.01. The number of para-hydroxylation sites is 1. The maximum Gasteiger partial charge on any atom is 0.450 e. The van der Waals surface area contributed by atoms with Crippen LogP contribution in [0.4, 0.5) is 13.2 Å². The Morgan fingerprint density at radius 2 is 1.94 bits per heavy atom. The van der Waals surface area contributed by atoms with Gasteiger partial charge in [0.25, 0.3) is 0 Å². The van der Waals surface area contributed by atoms with E-state index in [-0.39, 0.29) is 5.69 Å². The first kappa shape index (κ1) is 12.3. The van der Waals surface area contributed by atoms with Crippen molar-refractivity contribution in [1.29, 1.82) is 0 Å². The molecule has 0 bridgehead atoms. The van der Waals surface area contributed by atoms with Crippen LogP contribution in [0.3, 0.4) is 0 Å². The molecule has 1 aromatic carbocycles. The van der Waals surface area contributed by atoms with Gasteiger partial charge in [0, 0.05) is 0 Å². The second kappa shape index (κ2) is 4.29. The molecule has 6 heteroatoms. The molecule has 0 aliphatic heterocycles. The minimum absolute atomic E-state index is 0.128. The first-order chi connectivity index (χ1) is 8.45. The van der Waals surface area contributed by atoms with Gasteiger partial charge in [-0.15, -0.1) is 0 Å². The standard InChI is InChI=1S/C12H9F3N2O/c1-8-4-2-3-5-10(8)17-9(7-18)6-16-11(17)12(13,14)15/h2-7H,1H3. The Kier molecular flexibility index (Phi) is 2.94. The number of nitrogens with zero attached hydrogens (tertiary/aromatic N) is 2. The molecule has 0 saturated heterocycles. The SMILES string of the molecule is Cc1ccccc1-n1c(C=O)cnc1C(F)(F)F. The predicted molar refractivity (Wildman–Crippen MR) is 58.7 cm³/mol. The summed E-state index contributed by atoms with van der Waals surface area (Å²) in [4.78, 5) is 14.1. The third-order valence-electron chi connectivity index (χ3n) is 2.52. The van der Waals surface area contributed by atoms with Crippen LogP contribution in [-0.2, 0) is 6.18 Å². The molecule has 0 aliphatic carbocycles. The van der Waals surface area contributed by atoms with Crippen molar-refractivity contribution in [3.63, 3.8) is 0 Å². The highest BCUT2D eigenvalue weighted by Gasteiger charge is 2.38. The van der Waals surface area contributed by atoms with E-state index >= 15 is 0 Å². The molecule has 0 atom stereocenters. The fraction of sp³-hybridized carbons (Fsp3) is 0.167. The summed E-state index contributed by atoms with van der Waals surface area (Å²) in [5, 5.41) is 0. The lowest BCUT2D eigenvalue weighted by molar-refractivity contribution is -0.145. The number of rotatable bonds is 2. The minimum Gasteiger partial charge on any atom is -0.296 e. The maximum atomic E-state index is 12.8. The van der Waals surface area contributed by atoms with Gasteiger partial charge in [-0.2, -0.15) is 13.2 Å². The summed E-state index contributed by atoms with van der Waals surface area (Å²) in [5.74, 6) is -1.10. The van der Waals surface area contributed by atoms with Crippen LogP contribution in [-0.4, -0.2) is 15.8 Å². The number of aryl methyl sites for hydroxylation is 1. The van der Waals surface area contributed by atoms with Gasteiger partial charge in [-0.1, -0.05) is 18.2 Å². The van der Waals surface area contributed by atoms with E-state index in [1.807, 2.05) is 0 Å². The van der Waals surface area contributed by atoms with Crippen molar-refractivity contribution in [2.75, 3.05) is 0 Å². The van der Waals surface area contributed by atoms with Crippen molar-refractivity contribution in [3.8, 4) is 5.69 Å². The van der Waals surface area contributed by atoms with E-state index < -0.39 is 12.0 Å². The van der Waals surface area contributed by atoms with Gasteiger partial charge in [-0.25, -0.2) is 4.98 Å². The normalized spacial score (nSPS) is 11.6. The lowest BCUT2D eigenvalue weighted by Crippen LogP contribution is -2.15. The molecule has 0 fully saturated rings. The molecule has 1 heterocycles. The number of hydrogen-bond donors (Lipinski definition) is 0. The largest absolute Gasteiger partial charge is 0.450 e. The van der Waals surface area contributed by atoms with Crippen molar-refractivity contribution in [2.24, 2.45) is 0 Å². The van der Waals surface area contributed by atoms with Gasteiger partial charge in [0.15, 0.2) is 6.29 Å². The summed E-state index contributed by atoms with van der Waals surface area (Å²) in [7, 11) is 0. The molecule has 0 saturated carbocycles. The number of aldehydes is 1. The van der Waals surface area contributed by atoms with Crippen molar-refractivity contribution in [1.82, 2.24) is 9.55 Å². The monoisotopic (exact) mass is 254 g/mol. The summed E-state index contributed by atoms with van der Waals surface area (Å²) in [6.45, 7) is 1.67. The molecule has 2 aromatic rings. The van der Waals surface area contributed by atoms with Gasteiger partial charge in [-0.05, 0) is 18.6 Å². The average Bonchev–Trinajstić information content (AvgIpc) is 2.72. The van der Waals surface area contributed by atoms with Crippen LogP contribution in [0.25, 0.3) is 5.69 Å². The molecule has 1 aromatic heterocycles. The van der Waals surface area contributed by atoms with Crippen LogP contribution in [0, 0.1) is 6.92 Å². The highest BCUT2D eigenvalue weighted by atomic mass is 19.4. The molecule has 0 unspecified atom stereocenters. The Hall–Kier alpha value is -2.11. The number of alkyl halides is 3. The second-order valence-corrected chi connectivity index (χ2v) is 3.74. The van der Waals surface area contributed by atoms with Crippen LogP contribution in [0.2, 0.25) is 0 Å². The summed E-state index contributed by atoms with van der Waals surface area (Å²) in [5.41, 5.74) is 0.796. The predicted octanol–water partition coefficient (Wildman–Crippen LogP) is 3.01. The van der Waals surface area contributed by atoms with E-state index in [0.29, 0.717) is 17.5 Å². The first-order valence-corrected chi connectivity index (χ1v) is 5.11. The Morgan fingerprint density at radius 3 is 2.50 bits per heavy atom. The second-order valence-electron chi connectivity index (χ2n) is 3.74. The Bertz CT molecular complexity index is 587. The molecule has 18 heavy (non-hydrogen) atoms. The molecule has 0 spiro atoms. The Morgan fingerprint density at radius 1 is 1.28 bits per heavy atom. The number of carbonyl (C=O) groups excluding carboxylic acids is 1. The lowest BCUT2D eigenvalue weighted by Gasteiger charge is -2.13. The number of imidazole rings is 1. The van der Waals surface area contributed by atoms with Crippen molar-refractivity contribution >= 4 is 6.29 Å². The molecule has 0 aliphatic rings. The van der Waals surface area contributed by atoms with E-state index in [1.165, 1.54) is 6.07 Å². The van der Waals surface area contributed by atoms with Crippen LogP contribution in [0.1, 0.15) is 21.9 Å². The Labute approximate surface area is 101 Å². The average molecular weight is 254 g/mol. The van der Waals surface area contributed by atoms with Gasteiger partial charge >= 0.3 is 6.18 Å². The van der Waals surface area contributed by atoms with E-state index in [9.17, 15) is 18.0 Å². The Balaban J connectivity index is 2.73. The van der Waals surface area contributed by atoms with Gasteiger partial charge in [0.2, 0.25) is 5.82 Å². The number of benzene rings is 1. The molecule has 0 amide bonds. The van der Waals surface area contributed by atoms with Crippen LogP contribution >= 0.6 is 0 Å². The van der Waals surface area contributed by atoms with Gasteiger partial charge < -0.3 is 0 Å². The lowest BCUT2D eigenvalue weighted by atomic mass is 10.2. The minimum atomic E-state index is -4.61. The molecular weight excluding hydrogens is 245 g/mol. The molecule has 94 valence electrons. The van der Waals surface area contributed by atoms with Gasteiger partial charge in [0.1, 0.15) is 5.69 Å². The number of carbonyl (C=O) groups is 1. The zero-order chi connectivity index (χ0) is 13.3. The topological polar surface area (TPSA) is 34.9 Å². The molecule has 2 rings (SSSR count). The number of aromatic nitrogens is 2. The van der Waals surface area contributed by atoms with E-state index in [0.717, 1.165) is 10.8 Å². The smallest absolute Gasteiger partial charge is 0.296 e. The van der Waals surface area contributed by atoms with E-state index in [1.54, 1.807) is 25.1 Å². The molecule has 0 radical (unpaired) electrons. The van der Waals surface area contributed by atoms with Crippen molar-refractivity contribution in [2.45, 2.75) is 13.1 Å².